The topological polar surface area (TPSA) is 88.8 Å². The van der Waals surface area contributed by atoms with Crippen molar-refractivity contribution in [3.05, 3.63) is 75.3 Å². The van der Waals surface area contributed by atoms with E-state index in [4.69, 9.17) is 9.73 Å². The lowest BCUT2D eigenvalue weighted by Gasteiger charge is -2.21. The fourth-order valence-electron chi connectivity index (χ4n) is 3.39. The number of non-ortho nitro benzene ring substituents is 1. The summed E-state index contributed by atoms with van der Waals surface area (Å²) in [4.78, 5) is 15.1. The molecule has 1 fully saturated rings. The molecule has 0 amide bonds. The zero-order valence-electron chi connectivity index (χ0n) is 16.9. The molecule has 2 aromatic carbocycles. The van der Waals surface area contributed by atoms with Crippen LogP contribution in [0.1, 0.15) is 36.1 Å². The fraction of sp³-hybridized carbons (Fsp3) is 0.409. The molecule has 0 spiro atoms. The summed E-state index contributed by atoms with van der Waals surface area (Å²) in [6, 6.07) is 14.9. The summed E-state index contributed by atoms with van der Waals surface area (Å²) in [6.07, 6.45) is 1.05. The first-order valence-corrected chi connectivity index (χ1v) is 9.94. The average Bonchev–Trinajstić information content (AvgIpc) is 3.24. The van der Waals surface area contributed by atoms with Gasteiger partial charge in [0.2, 0.25) is 0 Å². The molecule has 1 heterocycles. The van der Waals surface area contributed by atoms with Crippen molar-refractivity contribution < 1.29 is 9.66 Å². The van der Waals surface area contributed by atoms with E-state index >= 15 is 0 Å². The summed E-state index contributed by atoms with van der Waals surface area (Å²) < 4.78 is 5.46. The van der Waals surface area contributed by atoms with Crippen LogP contribution in [-0.4, -0.2) is 30.6 Å². The number of benzene rings is 2. The van der Waals surface area contributed by atoms with Crippen LogP contribution in [0.2, 0.25) is 0 Å². The lowest BCUT2D eigenvalue weighted by atomic mass is 10.0. The summed E-state index contributed by atoms with van der Waals surface area (Å²) in [5.74, 6) is 1.21. The van der Waals surface area contributed by atoms with Gasteiger partial charge in [0.15, 0.2) is 5.96 Å². The third-order valence-corrected chi connectivity index (χ3v) is 5.16. The molecule has 7 heteroatoms. The Morgan fingerprint density at radius 1 is 1.28 bits per heavy atom. The molecule has 1 aliphatic rings. The van der Waals surface area contributed by atoms with Gasteiger partial charge >= 0.3 is 0 Å². The number of nitrogens with zero attached hydrogens (tertiary/aromatic N) is 2. The summed E-state index contributed by atoms with van der Waals surface area (Å²) in [5.41, 5.74) is 3.46. The van der Waals surface area contributed by atoms with E-state index in [-0.39, 0.29) is 11.7 Å². The number of aliphatic imine (C=N–C) groups is 1. The van der Waals surface area contributed by atoms with E-state index in [1.165, 1.54) is 23.3 Å². The quantitative estimate of drug-likeness (QED) is 0.322. The van der Waals surface area contributed by atoms with E-state index in [1.54, 1.807) is 12.1 Å². The third kappa shape index (κ3) is 6.02. The molecule has 3 rings (SSSR count). The minimum Gasteiger partial charge on any atom is -0.381 e. The SMILES string of the molecule is Cc1ccccc1C(C)NC(=NCc1ccc([N+](=O)[O-])cc1)NCC1CCOC1. The number of nitrogens with one attached hydrogen (secondary N) is 2. The van der Waals surface area contributed by atoms with Crippen LogP contribution in [0.5, 0.6) is 0 Å². The molecule has 0 radical (unpaired) electrons. The van der Waals surface area contributed by atoms with Gasteiger partial charge in [0.25, 0.3) is 5.69 Å². The van der Waals surface area contributed by atoms with E-state index < -0.39 is 4.92 Å². The van der Waals surface area contributed by atoms with Gasteiger partial charge in [-0.15, -0.1) is 0 Å². The van der Waals surface area contributed by atoms with Crippen LogP contribution in [0.15, 0.2) is 53.5 Å². The molecular weight excluding hydrogens is 368 g/mol. The predicted molar refractivity (Wildman–Crippen MR) is 114 cm³/mol. The average molecular weight is 396 g/mol. The number of nitro groups is 1. The maximum Gasteiger partial charge on any atom is 0.269 e. The zero-order chi connectivity index (χ0) is 20.6. The molecule has 2 atom stereocenters. The number of hydrogen-bond acceptors (Lipinski definition) is 4. The molecule has 0 saturated carbocycles. The maximum absolute atomic E-state index is 10.8. The molecule has 0 aliphatic carbocycles. The first-order valence-electron chi connectivity index (χ1n) is 9.94. The molecule has 2 unspecified atom stereocenters. The molecular formula is C22H28N4O3. The van der Waals surface area contributed by atoms with Crippen LogP contribution in [0.3, 0.4) is 0 Å². The molecule has 2 N–H and O–H groups in total. The van der Waals surface area contributed by atoms with Crippen molar-refractivity contribution in [3.63, 3.8) is 0 Å². The second-order valence-corrected chi connectivity index (χ2v) is 7.42. The molecule has 2 aromatic rings. The smallest absolute Gasteiger partial charge is 0.269 e. The summed E-state index contributed by atoms with van der Waals surface area (Å²) in [5, 5.41) is 17.7. The van der Waals surface area contributed by atoms with Gasteiger partial charge in [0, 0.05) is 31.2 Å². The Kier molecular flexibility index (Phi) is 7.19. The highest BCUT2D eigenvalue weighted by molar-refractivity contribution is 5.80. The Bertz CT molecular complexity index is 845. The van der Waals surface area contributed by atoms with Gasteiger partial charge in [-0.25, -0.2) is 4.99 Å². The van der Waals surface area contributed by atoms with Crippen LogP contribution in [0, 0.1) is 23.0 Å². The van der Waals surface area contributed by atoms with Crippen molar-refractivity contribution in [2.75, 3.05) is 19.8 Å². The van der Waals surface area contributed by atoms with Gasteiger partial charge in [-0.2, -0.15) is 0 Å². The predicted octanol–water partition coefficient (Wildman–Crippen LogP) is 3.74. The second-order valence-electron chi connectivity index (χ2n) is 7.42. The molecule has 7 nitrogen and oxygen atoms in total. The van der Waals surface area contributed by atoms with Crippen molar-refractivity contribution in [2.45, 2.75) is 32.9 Å². The highest BCUT2D eigenvalue weighted by atomic mass is 16.6. The first kappa shape index (κ1) is 20.8. The van der Waals surface area contributed by atoms with Gasteiger partial charge in [0.05, 0.1) is 24.1 Å². The monoisotopic (exact) mass is 396 g/mol. The van der Waals surface area contributed by atoms with Crippen molar-refractivity contribution in [3.8, 4) is 0 Å². The highest BCUT2D eigenvalue weighted by Crippen LogP contribution is 2.17. The second kappa shape index (κ2) is 10.0. The van der Waals surface area contributed by atoms with Gasteiger partial charge in [-0.05, 0) is 37.0 Å². The number of rotatable bonds is 7. The third-order valence-electron chi connectivity index (χ3n) is 5.16. The Labute approximate surface area is 171 Å². The summed E-state index contributed by atoms with van der Waals surface area (Å²) >= 11 is 0. The van der Waals surface area contributed by atoms with Crippen LogP contribution in [0.25, 0.3) is 0 Å². The van der Waals surface area contributed by atoms with Crippen molar-refractivity contribution in [2.24, 2.45) is 10.9 Å². The fourth-order valence-corrected chi connectivity index (χ4v) is 3.39. The Hall–Kier alpha value is -2.93. The highest BCUT2D eigenvalue weighted by Gasteiger charge is 2.17. The molecule has 154 valence electrons. The normalized spacial score (nSPS) is 17.7. The number of ether oxygens (including phenoxy) is 1. The minimum absolute atomic E-state index is 0.0867. The number of guanidine groups is 1. The number of nitro benzene ring substituents is 1. The lowest BCUT2D eigenvalue weighted by molar-refractivity contribution is -0.384. The van der Waals surface area contributed by atoms with Gasteiger partial charge < -0.3 is 15.4 Å². The zero-order valence-corrected chi connectivity index (χ0v) is 16.9. The van der Waals surface area contributed by atoms with Gasteiger partial charge in [0.1, 0.15) is 0 Å². The van der Waals surface area contributed by atoms with E-state index in [1.807, 2.05) is 12.1 Å². The Morgan fingerprint density at radius 3 is 2.69 bits per heavy atom. The molecule has 0 aromatic heterocycles. The van der Waals surface area contributed by atoms with Crippen LogP contribution in [-0.2, 0) is 11.3 Å². The lowest BCUT2D eigenvalue weighted by Crippen LogP contribution is -2.41. The van der Waals surface area contributed by atoms with Crippen LogP contribution in [0.4, 0.5) is 5.69 Å². The van der Waals surface area contributed by atoms with E-state index in [9.17, 15) is 10.1 Å². The molecule has 1 aliphatic heterocycles. The first-order chi connectivity index (χ1) is 14.0. The van der Waals surface area contributed by atoms with Gasteiger partial charge in [-0.1, -0.05) is 36.4 Å². The van der Waals surface area contributed by atoms with E-state index in [2.05, 4.69) is 36.6 Å². The van der Waals surface area contributed by atoms with Crippen molar-refractivity contribution in [1.29, 1.82) is 0 Å². The standard InChI is InChI=1S/C22H28N4O3/c1-16-5-3-4-6-21(16)17(2)25-22(24-14-19-11-12-29-15-19)23-13-18-7-9-20(10-8-18)26(27)28/h3-10,17,19H,11-15H2,1-2H3,(H2,23,24,25). The Balaban J connectivity index is 1.69. The van der Waals surface area contributed by atoms with Crippen LogP contribution >= 0.6 is 0 Å². The largest absolute Gasteiger partial charge is 0.381 e. The number of aryl methyl sites for hydroxylation is 1. The van der Waals surface area contributed by atoms with Crippen molar-refractivity contribution >= 4 is 11.6 Å². The Morgan fingerprint density at radius 2 is 2.03 bits per heavy atom. The van der Waals surface area contributed by atoms with E-state index in [0.29, 0.717) is 12.5 Å². The number of hydrogen-bond donors (Lipinski definition) is 2. The molecule has 1 saturated heterocycles. The van der Waals surface area contributed by atoms with Crippen LogP contribution < -0.4 is 10.6 Å². The summed E-state index contributed by atoms with van der Waals surface area (Å²) in [6.45, 7) is 7.04. The molecule has 0 bridgehead atoms. The summed E-state index contributed by atoms with van der Waals surface area (Å²) in [7, 11) is 0. The van der Waals surface area contributed by atoms with Crippen molar-refractivity contribution in [1.82, 2.24) is 10.6 Å². The maximum atomic E-state index is 10.8. The van der Waals surface area contributed by atoms with Gasteiger partial charge in [-0.3, -0.25) is 10.1 Å². The van der Waals surface area contributed by atoms with E-state index in [0.717, 1.165) is 37.7 Å². The molecule has 29 heavy (non-hydrogen) atoms. The minimum atomic E-state index is -0.394.